The number of nitrogens with zero attached hydrogens (tertiary/aromatic N) is 4. The molecule has 24 heavy (non-hydrogen) atoms. The van der Waals surface area contributed by atoms with Gasteiger partial charge in [0.15, 0.2) is 0 Å². The van der Waals surface area contributed by atoms with E-state index in [1.165, 1.54) is 11.2 Å². The van der Waals surface area contributed by atoms with Gasteiger partial charge in [0.2, 0.25) is 11.6 Å². The summed E-state index contributed by atoms with van der Waals surface area (Å²) in [6, 6.07) is 7.41. The lowest BCUT2D eigenvalue weighted by molar-refractivity contribution is -0.383. The van der Waals surface area contributed by atoms with Gasteiger partial charge in [-0.2, -0.15) is 0 Å². The Bertz CT molecular complexity index is 810. The highest BCUT2D eigenvalue weighted by Gasteiger charge is 2.22. The molecular weight excluding hydrogens is 328 g/mol. The van der Waals surface area contributed by atoms with E-state index in [9.17, 15) is 10.1 Å². The van der Waals surface area contributed by atoms with E-state index in [-0.39, 0.29) is 17.3 Å². The minimum atomic E-state index is -0.489. The standard InChI is InChI=1S/C15H14N6O2S/c22-21(23)13-14(17-8-5-12-2-1-9-24-12)18-10-19-15(13)20-11-3-6-16-7-4-11/h1-4,6-7,9-10H,5,8H2,(H2,16,17,18,19,20). The van der Waals surface area contributed by atoms with Crippen LogP contribution in [-0.4, -0.2) is 26.4 Å². The largest absolute Gasteiger partial charge is 0.364 e. The molecule has 8 nitrogen and oxygen atoms in total. The first-order valence-corrected chi connectivity index (χ1v) is 8.04. The lowest BCUT2D eigenvalue weighted by atomic mass is 10.3. The molecule has 122 valence electrons. The second-order valence-electron chi connectivity index (χ2n) is 4.79. The summed E-state index contributed by atoms with van der Waals surface area (Å²) in [5, 5.41) is 19.4. The van der Waals surface area contributed by atoms with E-state index in [1.807, 2.05) is 17.5 Å². The Hall–Kier alpha value is -3.07. The van der Waals surface area contributed by atoms with Crippen LogP contribution in [0.15, 0.2) is 48.4 Å². The number of hydrogen-bond donors (Lipinski definition) is 2. The summed E-state index contributed by atoms with van der Waals surface area (Å²) < 4.78 is 0. The molecule has 0 saturated carbocycles. The van der Waals surface area contributed by atoms with Crippen molar-refractivity contribution in [2.24, 2.45) is 0 Å². The maximum absolute atomic E-state index is 11.5. The maximum Gasteiger partial charge on any atom is 0.353 e. The number of nitro groups is 1. The molecule has 0 radical (unpaired) electrons. The summed E-state index contributed by atoms with van der Waals surface area (Å²) >= 11 is 1.65. The van der Waals surface area contributed by atoms with Crippen molar-refractivity contribution in [3.05, 3.63) is 63.4 Å². The van der Waals surface area contributed by atoms with Gasteiger partial charge in [0.05, 0.1) is 4.92 Å². The van der Waals surface area contributed by atoms with Gasteiger partial charge in [-0.25, -0.2) is 9.97 Å². The molecule has 0 amide bonds. The molecule has 3 aromatic rings. The normalized spacial score (nSPS) is 10.3. The minimum absolute atomic E-state index is 0.139. The second kappa shape index (κ2) is 7.47. The molecule has 0 spiro atoms. The van der Waals surface area contributed by atoms with E-state index >= 15 is 0 Å². The van der Waals surface area contributed by atoms with Gasteiger partial charge in [0.1, 0.15) is 6.33 Å². The van der Waals surface area contributed by atoms with Crippen LogP contribution < -0.4 is 10.6 Å². The molecule has 9 heteroatoms. The zero-order valence-corrected chi connectivity index (χ0v) is 13.4. The van der Waals surface area contributed by atoms with Crippen LogP contribution in [0.2, 0.25) is 0 Å². The molecule has 0 unspecified atom stereocenters. The van der Waals surface area contributed by atoms with E-state index in [1.54, 1.807) is 35.9 Å². The molecule has 0 fully saturated rings. The summed E-state index contributed by atoms with van der Waals surface area (Å²) in [6.07, 6.45) is 5.25. The fourth-order valence-electron chi connectivity index (χ4n) is 2.10. The molecule has 0 aliphatic carbocycles. The van der Waals surface area contributed by atoms with Crippen molar-refractivity contribution in [3.8, 4) is 0 Å². The zero-order chi connectivity index (χ0) is 16.8. The predicted molar refractivity (Wildman–Crippen MR) is 92.7 cm³/mol. The van der Waals surface area contributed by atoms with E-state index in [0.717, 1.165) is 6.42 Å². The van der Waals surface area contributed by atoms with E-state index in [4.69, 9.17) is 0 Å². The first-order chi connectivity index (χ1) is 11.7. The first-order valence-electron chi connectivity index (χ1n) is 7.17. The van der Waals surface area contributed by atoms with Crippen LogP contribution >= 0.6 is 11.3 Å². The molecule has 0 saturated heterocycles. The summed E-state index contributed by atoms with van der Waals surface area (Å²) in [4.78, 5) is 24.1. The van der Waals surface area contributed by atoms with Gasteiger partial charge in [-0.05, 0) is 30.0 Å². The highest BCUT2D eigenvalue weighted by atomic mass is 32.1. The Balaban J connectivity index is 1.78. The Morgan fingerprint density at radius 2 is 1.96 bits per heavy atom. The van der Waals surface area contributed by atoms with Crippen molar-refractivity contribution >= 4 is 34.3 Å². The smallest absolute Gasteiger partial charge is 0.353 e. The van der Waals surface area contributed by atoms with Crippen LogP contribution in [0.3, 0.4) is 0 Å². The van der Waals surface area contributed by atoms with E-state index in [2.05, 4.69) is 25.6 Å². The number of nitrogens with one attached hydrogen (secondary N) is 2. The lowest BCUT2D eigenvalue weighted by Crippen LogP contribution is -2.10. The van der Waals surface area contributed by atoms with Crippen LogP contribution in [0, 0.1) is 10.1 Å². The van der Waals surface area contributed by atoms with E-state index in [0.29, 0.717) is 12.2 Å². The highest BCUT2D eigenvalue weighted by molar-refractivity contribution is 7.09. The van der Waals surface area contributed by atoms with Crippen LogP contribution in [0.5, 0.6) is 0 Å². The van der Waals surface area contributed by atoms with Gasteiger partial charge in [-0.3, -0.25) is 15.1 Å². The minimum Gasteiger partial charge on any atom is -0.364 e. The average molecular weight is 342 g/mol. The van der Waals surface area contributed by atoms with Crippen LogP contribution in [0.4, 0.5) is 23.0 Å². The molecule has 0 atom stereocenters. The fourth-order valence-corrected chi connectivity index (χ4v) is 2.81. The summed E-state index contributed by atoms with van der Waals surface area (Å²) in [6.45, 7) is 0.549. The second-order valence-corrected chi connectivity index (χ2v) is 5.83. The third kappa shape index (κ3) is 3.82. The van der Waals surface area contributed by atoms with Crippen molar-refractivity contribution in [3.63, 3.8) is 0 Å². The van der Waals surface area contributed by atoms with Gasteiger partial charge in [-0.1, -0.05) is 6.07 Å². The van der Waals surface area contributed by atoms with Crippen molar-refractivity contribution in [1.29, 1.82) is 0 Å². The number of thiophene rings is 1. The van der Waals surface area contributed by atoms with Gasteiger partial charge in [0.25, 0.3) is 0 Å². The molecule has 0 aliphatic rings. The topological polar surface area (TPSA) is 106 Å². The monoisotopic (exact) mass is 342 g/mol. The van der Waals surface area contributed by atoms with Gasteiger partial charge in [-0.15, -0.1) is 11.3 Å². The molecule has 2 N–H and O–H groups in total. The number of anilines is 3. The Morgan fingerprint density at radius 1 is 1.17 bits per heavy atom. The summed E-state index contributed by atoms with van der Waals surface area (Å²) in [5.74, 6) is 0.336. The number of hydrogen-bond acceptors (Lipinski definition) is 8. The molecule has 0 bridgehead atoms. The third-order valence-corrected chi connectivity index (χ3v) is 4.13. The SMILES string of the molecule is O=[N+]([O-])c1c(NCCc2cccs2)ncnc1Nc1ccncc1. The number of pyridine rings is 1. The van der Waals surface area contributed by atoms with Crippen molar-refractivity contribution < 1.29 is 4.92 Å². The van der Waals surface area contributed by atoms with Gasteiger partial charge < -0.3 is 10.6 Å². The zero-order valence-electron chi connectivity index (χ0n) is 12.5. The average Bonchev–Trinajstić information content (AvgIpc) is 3.09. The van der Waals surface area contributed by atoms with Crippen LogP contribution in [0.25, 0.3) is 0 Å². The Morgan fingerprint density at radius 3 is 2.67 bits per heavy atom. The first kappa shape index (κ1) is 15.8. The number of rotatable bonds is 7. The lowest BCUT2D eigenvalue weighted by Gasteiger charge is -2.09. The van der Waals surface area contributed by atoms with Crippen LogP contribution in [0.1, 0.15) is 4.88 Å². The highest BCUT2D eigenvalue weighted by Crippen LogP contribution is 2.30. The Labute approximate surface area is 141 Å². The van der Waals surface area contributed by atoms with E-state index < -0.39 is 4.92 Å². The predicted octanol–water partition coefficient (Wildman–Crippen LogP) is 3.24. The molecule has 0 aliphatic heterocycles. The van der Waals surface area contributed by atoms with Gasteiger partial charge >= 0.3 is 5.69 Å². The molecule has 0 aromatic carbocycles. The third-order valence-electron chi connectivity index (χ3n) is 3.19. The van der Waals surface area contributed by atoms with Crippen molar-refractivity contribution in [1.82, 2.24) is 15.0 Å². The summed E-state index contributed by atoms with van der Waals surface area (Å²) in [5.41, 5.74) is 0.483. The fraction of sp³-hybridized carbons (Fsp3) is 0.133. The molecular formula is C15H14N6O2S. The molecule has 3 aromatic heterocycles. The Kier molecular flexibility index (Phi) is 4.92. The van der Waals surface area contributed by atoms with Crippen LogP contribution in [-0.2, 0) is 6.42 Å². The molecule has 3 heterocycles. The number of aromatic nitrogens is 3. The van der Waals surface area contributed by atoms with Gasteiger partial charge in [0, 0.05) is 29.5 Å². The quantitative estimate of drug-likeness (QED) is 0.501. The molecule has 3 rings (SSSR count). The summed E-state index contributed by atoms with van der Waals surface area (Å²) in [7, 11) is 0. The van der Waals surface area contributed by atoms with Crippen molar-refractivity contribution in [2.75, 3.05) is 17.2 Å². The van der Waals surface area contributed by atoms with Crippen molar-refractivity contribution in [2.45, 2.75) is 6.42 Å². The maximum atomic E-state index is 11.5.